The van der Waals surface area contributed by atoms with Crippen molar-refractivity contribution in [2.45, 2.75) is 25.8 Å². The van der Waals surface area contributed by atoms with Crippen LogP contribution >= 0.6 is 23.2 Å². The summed E-state index contributed by atoms with van der Waals surface area (Å²) >= 11 is 12.0. The first-order valence-electron chi connectivity index (χ1n) is 7.97. The molecule has 128 valence electrons. The quantitative estimate of drug-likeness (QED) is 0.600. The first-order chi connectivity index (χ1) is 11.5. The zero-order valence-corrected chi connectivity index (χ0v) is 15.7. The van der Waals surface area contributed by atoms with E-state index in [4.69, 9.17) is 28.0 Å². The maximum absolute atomic E-state index is 6.08. The second kappa shape index (κ2) is 8.68. The van der Waals surface area contributed by atoms with Gasteiger partial charge in [0.25, 0.3) is 0 Å². The van der Waals surface area contributed by atoms with Gasteiger partial charge in [-0.2, -0.15) is 5.48 Å². The van der Waals surface area contributed by atoms with Crippen LogP contribution in [0.1, 0.15) is 31.4 Å². The summed E-state index contributed by atoms with van der Waals surface area (Å²) in [5, 5.41) is 1.13. The van der Waals surface area contributed by atoms with E-state index < -0.39 is 0 Å². The largest absolute Gasteiger partial charge is 0.304 e. The van der Waals surface area contributed by atoms with Gasteiger partial charge in [0.15, 0.2) is 0 Å². The number of hydrogen-bond acceptors (Lipinski definition) is 2. The molecule has 2 rings (SSSR count). The lowest BCUT2D eigenvalue weighted by Gasteiger charge is -2.37. The van der Waals surface area contributed by atoms with Crippen LogP contribution in [0.5, 0.6) is 0 Å². The van der Waals surface area contributed by atoms with E-state index in [0.717, 1.165) is 12.0 Å². The van der Waals surface area contributed by atoms with Crippen molar-refractivity contribution in [3.05, 3.63) is 75.8 Å². The summed E-state index contributed by atoms with van der Waals surface area (Å²) in [6.07, 6.45) is 4.97. The van der Waals surface area contributed by atoms with Gasteiger partial charge in [-0.25, -0.2) is 0 Å². The van der Waals surface area contributed by atoms with Gasteiger partial charge in [-0.15, -0.1) is 0 Å². The van der Waals surface area contributed by atoms with Crippen molar-refractivity contribution in [1.29, 1.82) is 0 Å². The average Bonchev–Trinajstić information content (AvgIpc) is 2.58. The number of rotatable bonds is 7. The molecule has 1 atom stereocenters. The van der Waals surface area contributed by atoms with Gasteiger partial charge >= 0.3 is 0 Å². The summed E-state index contributed by atoms with van der Waals surface area (Å²) in [5.41, 5.74) is 5.13. The summed E-state index contributed by atoms with van der Waals surface area (Å²) in [6.45, 7) is 4.37. The zero-order valence-electron chi connectivity index (χ0n) is 14.2. The number of nitrogens with one attached hydrogen (secondary N) is 1. The molecule has 24 heavy (non-hydrogen) atoms. The fraction of sp³-hybridized carbons (Fsp3) is 0.300. The molecule has 4 heteroatoms. The highest BCUT2D eigenvalue weighted by Crippen LogP contribution is 2.34. The van der Waals surface area contributed by atoms with Crippen LogP contribution in [-0.4, -0.2) is 7.11 Å². The van der Waals surface area contributed by atoms with Crippen molar-refractivity contribution in [3.63, 3.8) is 0 Å². The molecule has 0 heterocycles. The number of hydroxylamine groups is 1. The highest BCUT2D eigenvalue weighted by molar-refractivity contribution is 6.42. The van der Waals surface area contributed by atoms with E-state index in [-0.39, 0.29) is 5.54 Å². The van der Waals surface area contributed by atoms with Crippen LogP contribution in [0, 0.1) is 5.92 Å². The molecule has 0 spiro atoms. The van der Waals surface area contributed by atoms with Gasteiger partial charge < -0.3 is 4.84 Å². The first-order valence-corrected chi connectivity index (χ1v) is 8.72. The molecule has 2 aromatic rings. The highest BCUT2D eigenvalue weighted by atomic mass is 35.5. The topological polar surface area (TPSA) is 21.3 Å². The van der Waals surface area contributed by atoms with Crippen LogP contribution < -0.4 is 5.48 Å². The van der Waals surface area contributed by atoms with Crippen molar-refractivity contribution in [2.24, 2.45) is 5.92 Å². The first kappa shape index (κ1) is 19.0. The van der Waals surface area contributed by atoms with E-state index in [1.54, 1.807) is 7.11 Å². The zero-order chi connectivity index (χ0) is 17.6. The maximum atomic E-state index is 6.08. The predicted molar refractivity (Wildman–Crippen MR) is 103 cm³/mol. The van der Waals surface area contributed by atoms with Crippen LogP contribution in [0.3, 0.4) is 0 Å². The Morgan fingerprint density at radius 1 is 1.08 bits per heavy atom. The van der Waals surface area contributed by atoms with Gasteiger partial charge in [-0.05, 0) is 35.6 Å². The summed E-state index contributed by atoms with van der Waals surface area (Å²) in [6, 6.07) is 16.0. The molecule has 0 aliphatic heterocycles. The molecule has 0 aromatic heterocycles. The van der Waals surface area contributed by atoms with E-state index in [9.17, 15) is 0 Å². The molecular weight excluding hydrogens is 341 g/mol. The Morgan fingerprint density at radius 2 is 1.79 bits per heavy atom. The molecule has 1 unspecified atom stereocenters. The summed E-state index contributed by atoms with van der Waals surface area (Å²) in [5.74, 6) is 0.332. The van der Waals surface area contributed by atoms with Crippen LogP contribution in [0.15, 0.2) is 54.6 Å². The molecule has 2 aromatic carbocycles. The van der Waals surface area contributed by atoms with Gasteiger partial charge in [0.2, 0.25) is 0 Å². The molecule has 0 radical (unpaired) electrons. The van der Waals surface area contributed by atoms with E-state index in [2.05, 4.69) is 43.6 Å². The fourth-order valence-corrected chi connectivity index (χ4v) is 3.13. The Morgan fingerprint density at radius 3 is 2.38 bits per heavy atom. The highest BCUT2D eigenvalue weighted by Gasteiger charge is 2.34. The van der Waals surface area contributed by atoms with Crippen molar-refractivity contribution in [3.8, 4) is 0 Å². The minimum absolute atomic E-state index is 0.303. The molecule has 2 nitrogen and oxygen atoms in total. The van der Waals surface area contributed by atoms with Crippen LogP contribution in [-0.2, 0) is 10.4 Å². The minimum Gasteiger partial charge on any atom is -0.304 e. The standard InChI is InChI=1S/C20H23Cl2NO/c1-15(2)20(23-24-3,17-9-5-4-6-10-17)13-7-8-16-11-12-18(21)19(22)14-16/h4-12,14-15,23H,13H2,1-3H3. The van der Waals surface area contributed by atoms with Gasteiger partial charge in [-0.3, -0.25) is 0 Å². The average molecular weight is 364 g/mol. The van der Waals surface area contributed by atoms with Crippen molar-refractivity contribution in [2.75, 3.05) is 7.11 Å². The van der Waals surface area contributed by atoms with Gasteiger partial charge in [0.1, 0.15) is 0 Å². The van der Waals surface area contributed by atoms with E-state index >= 15 is 0 Å². The Labute approximate surface area is 154 Å². The fourth-order valence-electron chi connectivity index (χ4n) is 2.82. The van der Waals surface area contributed by atoms with E-state index in [0.29, 0.717) is 16.0 Å². The van der Waals surface area contributed by atoms with Crippen molar-refractivity contribution < 1.29 is 4.84 Å². The van der Waals surface area contributed by atoms with Gasteiger partial charge in [-0.1, -0.05) is 85.6 Å². The molecule has 0 saturated carbocycles. The Balaban J connectivity index is 2.28. The number of hydrogen-bond donors (Lipinski definition) is 1. The molecule has 0 bridgehead atoms. The molecule has 0 saturated heterocycles. The van der Waals surface area contributed by atoms with E-state index in [1.807, 2.05) is 36.4 Å². The smallest absolute Gasteiger partial charge is 0.0737 e. The Kier molecular flexibility index (Phi) is 6.88. The molecule has 0 aliphatic carbocycles. The maximum Gasteiger partial charge on any atom is 0.0737 e. The lowest BCUT2D eigenvalue weighted by molar-refractivity contribution is -0.0117. The molecule has 0 fully saturated rings. The second-order valence-corrected chi connectivity index (χ2v) is 6.89. The minimum atomic E-state index is -0.303. The third-order valence-electron chi connectivity index (χ3n) is 4.25. The number of halogens is 2. The monoisotopic (exact) mass is 363 g/mol. The van der Waals surface area contributed by atoms with Gasteiger partial charge in [0.05, 0.1) is 22.7 Å². The molecular formula is C20H23Cl2NO. The van der Waals surface area contributed by atoms with E-state index in [1.165, 1.54) is 5.56 Å². The second-order valence-electron chi connectivity index (χ2n) is 6.08. The Bertz CT molecular complexity index is 685. The van der Waals surface area contributed by atoms with Crippen LogP contribution in [0.25, 0.3) is 6.08 Å². The molecule has 0 aliphatic rings. The van der Waals surface area contributed by atoms with Crippen LogP contribution in [0.2, 0.25) is 10.0 Å². The van der Waals surface area contributed by atoms with Gasteiger partial charge in [0, 0.05) is 0 Å². The molecule has 0 amide bonds. The summed E-state index contributed by atoms with van der Waals surface area (Å²) in [7, 11) is 1.66. The number of benzene rings is 2. The Hall–Kier alpha value is -1.32. The van der Waals surface area contributed by atoms with Crippen molar-refractivity contribution in [1.82, 2.24) is 5.48 Å². The lowest BCUT2D eigenvalue weighted by atomic mass is 9.78. The lowest BCUT2D eigenvalue weighted by Crippen LogP contribution is -2.45. The normalized spacial score (nSPS) is 14.2. The van der Waals surface area contributed by atoms with Crippen LogP contribution in [0.4, 0.5) is 0 Å². The summed E-state index contributed by atoms with van der Waals surface area (Å²) < 4.78 is 0. The SMILES string of the molecule is CONC(CC=Cc1ccc(Cl)c(Cl)c1)(c1ccccc1)C(C)C. The third-order valence-corrected chi connectivity index (χ3v) is 4.99. The molecule has 1 N–H and O–H groups in total. The third kappa shape index (κ3) is 4.40. The predicted octanol–water partition coefficient (Wildman–Crippen LogP) is 6.10. The summed E-state index contributed by atoms with van der Waals surface area (Å²) in [4.78, 5) is 5.34. The van der Waals surface area contributed by atoms with Crippen molar-refractivity contribution >= 4 is 29.3 Å².